The van der Waals surface area contributed by atoms with Crippen molar-refractivity contribution >= 4 is 71.2 Å². The predicted molar refractivity (Wildman–Crippen MR) is 467 cm³/mol. The number of carbonyl (C=O) groups excluding carboxylic acids is 10. The van der Waals surface area contributed by atoms with Gasteiger partial charge in [0.15, 0.2) is 11.9 Å². The van der Waals surface area contributed by atoms with Crippen molar-refractivity contribution in [2.24, 2.45) is 5.73 Å². The minimum Gasteiger partial charge on any atom is -0.508 e. The van der Waals surface area contributed by atoms with Crippen LogP contribution in [-0.4, -0.2) is 230 Å². The van der Waals surface area contributed by atoms with E-state index in [-0.39, 0.29) is 190 Å². The van der Waals surface area contributed by atoms with Gasteiger partial charge in [0.1, 0.15) is 23.6 Å². The Balaban J connectivity index is 0.600. The molecule has 124 heavy (non-hydrogen) atoms. The van der Waals surface area contributed by atoms with E-state index >= 15 is 0 Å². The Morgan fingerprint density at radius 3 is 0.911 bits per heavy atom. The van der Waals surface area contributed by atoms with Crippen molar-refractivity contribution in [3.05, 3.63) is 274 Å². The zero-order chi connectivity index (χ0) is 88.3. The summed E-state index contributed by atoms with van der Waals surface area (Å²) in [4.78, 5) is 134. The average Bonchev–Trinajstić information content (AvgIpc) is 0.825. The molecule has 34 heteroatoms. The Morgan fingerprint density at radius 2 is 0.613 bits per heavy atom. The third-order valence-corrected chi connectivity index (χ3v) is 19.1. The van der Waals surface area contributed by atoms with Gasteiger partial charge < -0.3 is 98.7 Å². The first-order valence-electron chi connectivity index (χ1n) is 41.0. The molecular formula is C90H112N18O16. The van der Waals surface area contributed by atoms with Crippen LogP contribution in [0.1, 0.15) is 112 Å². The second kappa shape index (κ2) is 54.6. The van der Waals surface area contributed by atoms with Gasteiger partial charge in [-0.2, -0.15) is 0 Å². The molecule has 0 saturated heterocycles. The second-order valence-corrected chi connectivity index (χ2v) is 28.3. The number of benzene rings is 8. The Morgan fingerprint density at radius 1 is 0.323 bits per heavy atom. The molecular weight excluding hydrogens is 1590 g/mol. The van der Waals surface area contributed by atoms with Crippen molar-refractivity contribution in [3.63, 3.8) is 0 Å². The van der Waals surface area contributed by atoms with Gasteiger partial charge in [0.05, 0.1) is 64.7 Å². The summed E-state index contributed by atoms with van der Waals surface area (Å²) in [6.07, 6.45) is 1.10. The molecule has 658 valence electrons. The molecule has 12 amide bonds. The number of hydrogen-bond acceptors (Lipinski definition) is 20. The Bertz CT molecular complexity index is 4280. The largest absolute Gasteiger partial charge is 0.508 e. The summed E-state index contributed by atoms with van der Waals surface area (Å²) in [5.74, 6) is -4.68. The number of nitrogens with zero attached hydrogens (tertiary/aromatic N) is 1. The topological polar surface area (TPSA) is 493 Å². The lowest BCUT2D eigenvalue weighted by Gasteiger charge is -2.23. The summed E-state index contributed by atoms with van der Waals surface area (Å²) >= 11 is 0. The van der Waals surface area contributed by atoms with E-state index in [1.165, 1.54) is 24.3 Å². The summed E-state index contributed by atoms with van der Waals surface area (Å²) in [6, 6.07) is 59.1. The van der Waals surface area contributed by atoms with Crippen LogP contribution in [0.3, 0.4) is 0 Å². The molecule has 0 bridgehead atoms. The van der Waals surface area contributed by atoms with Gasteiger partial charge in [-0.25, -0.2) is 9.59 Å². The number of rotatable bonds is 52. The number of aromatic hydroxyl groups is 2. The molecule has 0 aliphatic heterocycles. The van der Waals surface area contributed by atoms with Crippen LogP contribution in [0.4, 0.5) is 9.59 Å². The summed E-state index contributed by atoms with van der Waals surface area (Å²) in [5.41, 5.74) is 11.8. The number of ether oxygens (including phenoxy) is 4. The molecule has 0 unspecified atom stereocenters. The Hall–Kier alpha value is -13.6. The first-order valence-corrected chi connectivity index (χ1v) is 41.0. The van der Waals surface area contributed by atoms with Crippen LogP contribution in [-0.2, 0) is 51.2 Å². The normalized spacial score (nSPS) is 11.4. The van der Waals surface area contributed by atoms with E-state index in [0.717, 1.165) is 33.4 Å². The van der Waals surface area contributed by atoms with E-state index in [1.54, 1.807) is 72.8 Å². The molecule has 0 aromatic heterocycles. The molecule has 8 aromatic rings. The van der Waals surface area contributed by atoms with Crippen molar-refractivity contribution in [1.29, 1.82) is 10.8 Å². The van der Waals surface area contributed by atoms with Crippen LogP contribution >= 0.6 is 0 Å². The maximum Gasteiger partial charge on any atom is 0.321 e. The van der Waals surface area contributed by atoms with Gasteiger partial charge in [0, 0.05) is 114 Å². The first-order chi connectivity index (χ1) is 60.3. The van der Waals surface area contributed by atoms with Gasteiger partial charge in [0.2, 0.25) is 23.6 Å². The monoisotopic (exact) mass is 1700 g/mol. The lowest BCUT2D eigenvalue weighted by atomic mass is 9.90. The van der Waals surface area contributed by atoms with Crippen molar-refractivity contribution in [3.8, 4) is 11.5 Å². The van der Waals surface area contributed by atoms with Crippen LogP contribution in [0.25, 0.3) is 0 Å². The fraction of sp³-hybridized carbons (Fsp3) is 0.333. The van der Waals surface area contributed by atoms with Crippen LogP contribution in [0.5, 0.6) is 11.5 Å². The Kier molecular flexibility index (Phi) is 42.2. The molecule has 0 radical (unpaired) electrons. The number of hydrogen-bond donors (Lipinski definition) is 19. The second-order valence-electron chi connectivity index (χ2n) is 28.3. The standard InChI is InChI=1S/C90H112N18O16/c91-41-50-108(51-44-94-79(111)69-29-33-71(34-30-69)81(113)96-46-53-121-57-59-123-55-48-100-89(119)106-87(92)98-42-13-23-75(83(115)102-61-63-25-37-73(109)38-26-63)104-85(117)77(65-15-5-1-6-16-65)66-17-7-2-8-18-66)52-45-95-80(112)70-31-35-72(36-32-70)82(114)97-47-54-122-58-60-124-56-49-101-90(120)107-88(93)99-43-14-24-76(84(116)103-62-64-27-39-74(110)40-28-64)105-86(118)78(67-19-9-3-10-20-67)68-21-11-4-12-22-68/h1-12,15-22,25-40,75-78,109-110H,13-14,23-24,41-62,91H2,(H,94,111)(H,95,112)(H,96,113)(H,97,114)(H,102,115)(H,103,116)(H,104,117)(H,105,118)(H4,92,98,100,106,119)(H4,93,99,101,107,120)/t75-,76-/m0/s1. The maximum atomic E-state index is 14.0. The zero-order valence-electron chi connectivity index (χ0n) is 69.1. The van der Waals surface area contributed by atoms with E-state index in [9.17, 15) is 58.2 Å². The van der Waals surface area contributed by atoms with Gasteiger partial charge in [-0.1, -0.05) is 146 Å². The molecule has 0 saturated carbocycles. The molecule has 0 spiro atoms. The number of phenolic OH excluding ortho intramolecular Hbond substituents is 2. The number of amides is 12. The highest BCUT2D eigenvalue weighted by atomic mass is 16.5. The van der Waals surface area contributed by atoms with E-state index in [2.05, 4.69) is 74.4 Å². The molecule has 8 aromatic carbocycles. The number of urea groups is 2. The smallest absolute Gasteiger partial charge is 0.321 e. The summed E-state index contributed by atoms with van der Waals surface area (Å²) < 4.78 is 22.2. The van der Waals surface area contributed by atoms with Gasteiger partial charge >= 0.3 is 12.1 Å². The fourth-order valence-electron chi connectivity index (χ4n) is 12.6. The van der Waals surface area contributed by atoms with Gasteiger partial charge in [-0.05, 0) is 132 Å². The van der Waals surface area contributed by atoms with E-state index in [0.29, 0.717) is 61.3 Å². The van der Waals surface area contributed by atoms with Gasteiger partial charge in [-0.3, -0.25) is 64.7 Å². The summed E-state index contributed by atoms with van der Waals surface area (Å²) in [7, 11) is 0. The first kappa shape index (κ1) is 95.8. The number of nitrogens with two attached hydrogens (primary N) is 1. The Labute approximate surface area is 720 Å². The third-order valence-electron chi connectivity index (χ3n) is 19.1. The highest BCUT2D eigenvalue weighted by Crippen LogP contribution is 2.27. The lowest BCUT2D eigenvalue weighted by molar-refractivity contribution is -0.129. The van der Waals surface area contributed by atoms with Crippen LogP contribution < -0.4 is 80.2 Å². The van der Waals surface area contributed by atoms with Crippen molar-refractivity contribution in [2.45, 2.75) is 62.7 Å². The number of nitrogens with one attached hydrogen (secondary N) is 16. The minimum absolute atomic E-state index is 0.0921. The molecule has 2 atom stereocenters. The molecule has 8 rings (SSSR count). The molecule has 34 nitrogen and oxygen atoms in total. The fourth-order valence-corrected chi connectivity index (χ4v) is 12.6. The number of guanidine groups is 2. The predicted octanol–water partition coefficient (Wildman–Crippen LogP) is 4.52. The van der Waals surface area contributed by atoms with Crippen molar-refractivity contribution < 1.29 is 77.1 Å². The van der Waals surface area contributed by atoms with Gasteiger partial charge in [-0.15, -0.1) is 0 Å². The molecule has 0 fully saturated rings. The molecule has 20 N–H and O–H groups in total. The van der Waals surface area contributed by atoms with E-state index < -0.39 is 47.8 Å². The summed E-state index contributed by atoms with van der Waals surface area (Å²) in [6.45, 7) is 5.22. The summed E-state index contributed by atoms with van der Waals surface area (Å²) in [5, 5.41) is 74.5. The maximum absolute atomic E-state index is 14.0. The highest BCUT2D eigenvalue weighted by Gasteiger charge is 2.30. The SMILES string of the molecule is N=C(NCCC[C@H](NC(=O)C(c1ccccc1)c1ccccc1)C(=O)NCc1ccc(O)cc1)NC(=O)NCCOCCOCCNC(=O)c1ccc(C(=O)NCCN(CCN)CCNC(=O)c2ccc(C(=O)NCCOCCOCCNC(=O)NC(=N)NCCC[C@H](NC(=O)C(c3ccccc3)c3ccccc3)C(=O)NCc3ccc(O)cc3)cc2)cc1. The van der Waals surface area contributed by atoms with Crippen LogP contribution in [0, 0.1) is 10.8 Å². The van der Waals surface area contributed by atoms with E-state index in [1.807, 2.05) is 126 Å². The third kappa shape index (κ3) is 35.6. The molecule has 0 aliphatic carbocycles. The minimum atomic E-state index is -0.938. The van der Waals surface area contributed by atoms with Crippen LogP contribution in [0.2, 0.25) is 0 Å². The van der Waals surface area contributed by atoms with Crippen LogP contribution in [0.15, 0.2) is 218 Å². The average molecular weight is 1700 g/mol. The molecule has 0 heterocycles. The zero-order valence-corrected chi connectivity index (χ0v) is 69.1. The van der Waals surface area contributed by atoms with Gasteiger partial charge in [0.25, 0.3) is 23.6 Å². The quantitative estimate of drug-likeness (QED) is 0.0142. The van der Waals surface area contributed by atoms with E-state index in [4.69, 9.17) is 35.5 Å². The highest BCUT2D eigenvalue weighted by molar-refractivity contribution is 6.00. The molecule has 0 aliphatic rings. The number of phenols is 2. The number of carbonyl (C=O) groups is 10. The lowest BCUT2D eigenvalue weighted by Crippen LogP contribution is -2.49. The van der Waals surface area contributed by atoms with Crippen molar-refractivity contribution in [1.82, 2.24) is 79.3 Å². The van der Waals surface area contributed by atoms with Crippen molar-refractivity contribution in [2.75, 3.05) is 131 Å².